The molecule has 3 rings (SSSR count). The van der Waals surface area contributed by atoms with E-state index >= 15 is 0 Å². The SMILES string of the molecule is OC(Cc1ccccn1)C1CCOC2(CCC2)C1. The van der Waals surface area contributed by atoms with Gasteiger partial charge in [0, 0.05) is 24.9 Å². The van der Waals surface area contributed by atoms with Crippen molar-refractivity contribution in [2.45, 2.75) is 50.2 Å². The number of hydrogen-bond donors (Lipinski definition) is 1. The lowest BCUT2D eigenvalue weighted by molar-refractivity contribution is -0.156. The van der Waals surface area contributed by atoms with E-state index in [9.17, 15) is 5.11 Å². The second-order valence-corrected chi connectivity index (χ2v) is 5.73. The zero-order chi connectivity index (χ0) is 12.4. The molecule has 1 spiro atoms. The van der Waals surface area contributed by atoms with Crippen LogP contribution < -0.4 is 0 Å². The molecule has 1 saturated carbocycles. The van der Waals surface area contributed by atoms with Crippen molar-refractivity contribution in [2.24, 2.45) is 5.92 Å². The summed E-state index contributed by atoms with van der Waals surface area (Å²) in [5.41, 5.74) is 1.10. The number of pyridine rings is 1. The first kappa shape index (κ1) is 12.1. The van der Waals surface area contributed by atoms with Crippen LogP contribution in [-0.2, 0) is 11.2 Å². The molecule has 1 aromatic heterocycles. The Morgan fingerprint density at radius 1 is 1.44 bits per heavy atom. The number of nitrogens with zero attached hydrogens (tertiary/aromatic N) is 1. The molecule has 0 bridgehead atoms. The quantitative estimate of drug-likeness (QED) is 0.891. The predicted octanol–water partition coefficient (Wildman–Crippen LogP) is 2.33. The Hall–Kier alpha value is -0.930. The summed E-state index contributed by atoms with van der Waals surface area (Å²) in [5, 5.41) is 10.4. The molecule has 2 heterocycles. The molecule has 1 N–H and O–H groups in total. The molecule has 0 amide bonds. The van der Waals surface area contributed by atoms with Crippen molar-refractivity contribution < 1.29 is 9.84 Å². The molecule has 2 fully saturated rings. The summed E-state index contributed by atoms with van der Waals surface area (Å²) in [4.78, 5) is 4.29. The van der Waals surface area contributed by atoms with Crippen LogP contribution >= 0.6 is 0 Å². The average Bonchev–Trinajstić information content (AvgIpc) is 2.38. The second-order valence-electron chi connectivity index (χ2n) is 5.73. The highest BCUT2D eigenvalue weighted by Gasteiger charge is 2.44. The zero-order valence-electron chi connectivity index (χ0n) is 10.7. The number of hydrogen-bond acceptors (Lipinski definition) is 3. The van der Waals surface area contributed by atoms with Crippen molar-refractivity contribution >= 4 is 0 Å². The fourth-order valence-electron chi connectivity index (χ4n) is 3.21. The molecule has 0 aromatic carbocycles. The lowest BCUT2D eigenvalue weighted by Crippen LogP contribution is -2.48. The van der Waals surface area contributed by atoms with E-state index in [1.54, 1.807) is 6.20 Å². The maximum Gasteiger partial charge on any atom is 0.0686 e. The minimum atomic E-state index is -0.277. The fourth-order valence-corrected chi connectivity index (χ4v) is 3.21. The van der Waals surface area contributed by atoms with Crippen molar-refractivity contribution in [2.75, 3.05) is 6.61 Å². The Labute approximate surface area is 108 Å². The highest BCUT2D eigenvalue weighted by Crippen LogP contribution is 2.45. The Morgan fingerprint density at radius 3 is 3.00 bits per heavy atom. The number of ether oxygens (including phenoxy) is 1. The van der Waals surface area contributed by atoms with Gasteiger partial charge in [0.05, 0.1) is 11.7 Å². The van der Waals surface area contributed by atoms with E-state index in [0.717, 1.165) is 25.1 Å². The second kappa shape index (κ2) is 4.98. The normalized spacial score (nSPS) is 27.7. The average molecular weight is 247 g/mol. The van der Waals surface area contributed by atoms with Crippen molar-refractivity contribution in [1.82, 2.24) is 4.98 Å². The van der Waals surface area contributed by atoms with Gasteiger partial charge in [-0.1, -0.05) is 6.07 Å². The van der Waals surface area contributed by atoms with Gasteiger partial charge in [0.1, 0.15) is 0 Å². The van der Waals surface area contributed by atoms with E-state index in [1.807, 2.05) is 18.2 Å². The smallest absolute Gasteiger partial charge is 0.0686 e. The van der Waals surface area contributed by atoms with Crippen LogP contribution in [0.25, 0.3) is 0 Å². The summed E-state index contributed by atoms with van der Waals surface area (Å²) in [5.74, 6) is 0.376. The molecule has 3 nitrogen and oxygen atoms in total. The van der Waals surface area contributed by atoms with Gasteiger partial charge in [-0.15, -0.1) is 0 Å². The van der Waals surface area contributed by atoms with Gasteiger partial charge < -0.3 is 9.84 Å². The molecule has 98 valence electrons. The predicted molar refractivity (Wildman–Crippen MR) is 69.2 cm³/mol. The third-order valence-electron chi connectivity index (χ3n) is 4.48. The van der Waals surface area contributed by atoms with E-state index in [-0.39, 0.29) is 11.7 Å². The largest absolute Gasteiger partial charge is 0.392 e. The summed E-state index contributed by atoms with van der Waals surface area (Å²) in [6.07, 6.45) is 7.83. The molecule has 1 aromatic rings. The highest BCUT2D eigenvalue weighted by atomic mass is 16.5. The van der Waals surface area contributed by atoms with E-state index in [4.69, 9.17) is 4.74 Å². The summed E-state index contributed by atoms with van der Waals surface area (Å²) < 4.78 is 5.91. The molecule has 1 aliphatic heterocycles. The van der Waals surface area contributed by atoms with Crippen LogP contribution in [0.1, 0.15) is 37.8 Å². The van der Waals surface area contributed by atoms with Crippen LogP contribution in [0.5, 0.6) is 0 Å². The van der Waals surface area contributed by atoms with Crippen molar-refractivity contribution in [3.63, 3.8) is 0 Å². The molecule has 2 atom stereocenters. The van der Waals surface area contributed by atoms with E-state index in [2.05, 4.69) is 4.98 Å². The van der Waals surface area contributed by atoms with Crippen molar-refractivity contribution in [1.29, 1.82) is 0 Å². The van der Waals surface area contributed by atoms with Crippen LogP contribution in [0.3, 0.4) is 0 Å². The third-order valence-corrected chi connectivity index (χ3v) is 4.48. The monoisotopic (exact) mass is 247 g/mol. The zero-order valence-corrected chi connectivity index (χ0v) is 10.7. The maximum atomic E-state index is 10.4. The van der Waals surface area contributed by atoms with Gasteiger partial charge >= 0.3 is 0 Å². The lowest BCUT2D eigenvalue weighted by atomic mass is 9.70. The van der Waals surface area contributed by atoms with Gasteiger partial charge in [-0.3, -0.25) is 4.98 Å². The summed E-state index contributed by atoms with van der Waals surface area (Å²) in [6.45, 7) is 0.809. The molecule has 2 aliphatic rings. The Kier molecular flexibility index (Phi) is 3.35. The van der Waals surface area contributed by atoms with Gasteiger partial charge in [-0.2, -0.15) is 0 Å². The lowest BCUT2D eigenvalue weighted by Gasteiger charge is -2.48. The number of rotatable bonds is 3. The number of aliphatic hydroxyl groups excluding tert-OH is 1. The first-order chi connectivity index (χ1) is 8.77. The van der Waals surface area contributed by atoms with Gasteiger partial charge in [-0.25, -0.2) is 0 Å². The van der Waals surface area contributed by atoms with Crippen LogP contribution in [0.2, 0.25) is 0 Å². The van der Waals surface area contributed by atoms with Gasteiger partial charge in [0.15, 0.2) is 0 Å². The van der Waals surface area contributed by atoms with Crippen molar-refractivity contribution in [3.8, 4) is 0 Å². The standard InChI is InChI=1S/C15H21NO2/c17-14(10-13-4-1-2-8-16-13)12-5-9-18-15(11-12)6-3-7-15/h1-2,4,8,12,14,17H,3,5-7,9-11H2. The highest BCUT2D eigenvalue weighted by molar-refractivity contribution is 5.05. The van der Waals surface area contributed by atoms with Crippen LogP contribution in [-0.4, -0.2) is 28.4 Å². The van der Waals surface area contributed by atoms with Gasteiger partial charge in [-0.05, 0) is 50.2 Å². The number of aromatic nitrogens is 1. The third kappa shape index (κ3) is 2.43. The van der Waals surface area contributed by atoms with Crippen molar-refractivity contribution in [3.05, 3.63) is 30.1 Å². The molecule has 0 radical (unpaired) electrons. The molecule has 1 aliphatic carbocycles. The Bertz CT molecular complexity index is 389. The minimum absolute atomic E-state index is 0.119. The molecular weight excluding hydrogens is 226 g/mol. The maximum absolute atomic E-state index is 10.4. The molecule has 1 saturated heterocycles. The van der Waals surface area contributed by atoms with Crippen LogP contribution in [0, 0.1) is 5.92 Å². The van der Waals surface area contributed by atoms with Crippen LogP contribution in [0.4, 0.5) is 0 Å². The van der Waals surface area contributed by atoms with E-state index < -0.39 is 0 Å². The first-order valence-corrected chi connectivity index (χ1v) is 6.99. The number of aliphatic hydroxyl groups is 1. The molecule has 3 heteroatoms. The Balaban J connectivity index is 1.60. The van der Waals surface area contributed by atoms with E-state index in [0.29, 0.717) is 12.3 Å². The van der Waals surface area contributed by atoms with Gasteiger partial charge in [0.25, 0.3) is 0 Å². The summed E-state index contributed by atoms with van der Waals surface area (Å²) in [7, 11) is 0. The first-order valence-electron chi connectivity index (χ1n) is 6.99. The summed E-state index contributed by atoms with van der Waals surface area (Å²) >= 11 is 0. The molecular formula is C15H21NO2. The summed E-state index contributed by atoms with van der Waals surface area (Å²) in [6, 6.07) is 5.88. The minimum Gasteiger partial charge on any atom is -0.392 e. The molecule has 2 unspecified atom stereocenters. The van der Waals surface area contributed by atoms with E-state index in [1.165, 1.54) is 19.3 Å². The van der Waals surface area contributed by atoms with Gasteiger partial charge in [0.2, 0.25) is 0 Å². The fraction of sp³-hybridized carbons (Fsp3) is 0.667. The molecule has 18 heavy (non-hydrogen) atoms. The Morgan fingerprint density at radius 2 is 2.33 bits per heavy atom. The topological polar surface area (TPSA) is 42.4 Å². The van der Waals surface area contributed by atoms with Crippen LogP contribution in [0.15, 0.2) is 24.4 Å².